The number of hydrogen-bond acceptors (Lipinski definition) is 4. The summed E-state index contributed by atoms with van der Waals surface area (Å²) in [5.74, 6) is -0.755. The molecule has 1 aromatic heterocycles. The maximum Gasteiger partial charge on any atom is 0.255 e. The SMILES string of the molecule is CN1CCC(NC(=O)c2ccncc2O)C1=O. The fraction of sp³-hybridized carbons (Fsp3) is 0.364. The monoisotopic (exact) mass is 235 g/mol. The van der Waals surface area contributed by atoms with Crippen molar-refractivity contribution in [1.82, 2.24) is 15.2 Å². The molecule has 0 aliphatic carbocycles. The van der Waals surface area contributed by atoms with E-state index in [1.807, 2.05) is 0 Å². The predicted molar refractivity (Wildman–Crippen MR) is 59.4 cm³/mol. The maximum atomic E-state index is 11.8. The molecular weight excluding hydrogens is 222 g/mol. The van der Waals surface area contributed by atoms with Gasteiger partial charge in [-0.25, -0.2) is 0 Å². The third kappa shape index (κ3) is 2.20. The zero-order valence-corrected chi connectivity index (χ0v) is 9.38. The van der Waals surface area contributed by atoms with Crippen LogP contribution in [0.5, 0.6) is 5.75 Å². The Morgan fingerprint density at radius 3 is 3.00 bits per heavy atom. The Morgan fingerprint density at radius 2 is 2.41 bits per heavy atom. The van der Waals surface area contributed by atoms with Gasteiger partial charge in [0, 0.05) is 19.8 Å². The third-order valence-corrected chi connectivity index (χ3v) is 2.78. The number of carbonyl (C=O) groups is 2. The summed E-state index contributed by atoms with van der Waals surface area (Å²) in [6.45, 7) is 0.631. The lowest BCUT2D eigenvalue weighted by Gasteiger charge is -2.12. The summed E-state index contributed by atoms with van der Waals surface area (Å²) in [5.41, 5.74) is 0.127. The highest BCUT2D eigenvalue weighted by molar-refractivity contribution is 5.99. The normalized spacial score (nSPS) is 19.5. The first-order valence-electron chi connectivity index (χ1n) is 5.28. The highest BCUT2D eigenvalue weighted by Gasteiger charge is 2.30. The van der Waals surface area contributed by atoms with E-state index in [4.69, 9.17) is 0 Å². The number of rotatable bonds is 2. The quantitative estimate of drug-likeness (QED) is 0.740. The van der Waals surface area contributed by atoms with Gasteiger partial charge in [0.2, 0.25) is 5.91 Å². The Morgan fingerprint density at radius 1 is 1.65 bits per heavy atom. The first kappa shape index (κ1) is 11.4. The number of likely N-dealkylation sites (N-methyl/N-ethyl adjacent to an activating group) is 1. The van der Waals surface area contributed by atoms with E-state index in [9.17, 15) is 14.7 Å². The lowest BCUT2D eigenvalue weighted by atomic mass is 10.2. The van der Waals surface area contributed by atoms with Gasteiger partial charge in [-0.05, 0) is 12.5 Å². The molecule has 1 saturated heterocycles. The van der Waals surface area contributed by atoms with Gasteiger partial charge in [-0.2, -0.15) is 0 Å². The van der Waals surface area contributed by atoms with Crippen LogP contribution in [0.15, 0.2) is 18.5 Å². The van der Waals surface area contributed by atoms with E-state index in [2.05, 4.69) is 10.3 Å². The number of likely N-dealkylation sites (tertiary alicyclic amines) is 1. The Labute approximate surface area is 98.3 Å². The van der Waals surface area contributed by atoms with Crippen LogP contribution in [0.1, 0.15) is 16.8 Å². The summed E-state index contributed by atoms with van der Waals surface area (Å²) in [6.07, 6.45) is 3.20. The van der Waals surface area contributed by atoms with Gasteiger partial charge in [-0.15, -0.1) is 0 Å². The molecule has 2 rings (SSSR count). The van der Waals surface area contributed by atoms with Gasteiger partial charge in [0.1, 0.15) is 11.8 Å². The van der Waals surface area contributed by atoms with Crippen LogP contribution >= 0.6 is 0 Å². The van der Waals surface area contributed by atoms with Crippen molar-refractivity contribution >= 4 is 11.8 Å². The van der Waals surface area contributed by atoms with Crippen LogP contribution in [0.25, 0.3) is 0 Å². The molecule has 1 unspecified atom stereocenters. The van der Waals surface area contributed by atoms with Crippen molar-refractivity contribution in [2.75, 3.05) is 13.6 Å². The Balaban J connectivity index is 2.08. The highest BCUT2D eigenvalue weighted by atomic mass is 16.3. The van der Waals surface area contributed by atoms with Crippen LogP contribution in [-0.4, -0.2) is 46.4 Å². The second-order valence-electron chi connectivity index (χ2n) is 3.97. The summed E-state index contributed by atoms with van der Waals surface area (Å²) in [6, 6.07) is 0.911. The predicted octanol–water partition coefficient (Wildman–Crippen LogP) is -0.252. The van der Waals surface area contributed by atoms with Gasteiger partial charge in [-0.1, -0.05) is 0 Å². The molecule has 0 spiro atoms. The summed E-state index contributed by atoms with van der Waals surface area (Å²) >= 11 is 0. The average molecular weight is 235 g/mol. The van der Waals surface area contributed by atoms with Crippen LogP contribution in [0, 0.1) is 0 Å². The molecule has 1 atom stereocenters. The summed E-state index contributed by atoms with van der Waals surface area (Å²) in [7, 11) is 1.69. The lowest BCUT2D eigenvalue weighted by Crippen LogP contribution is -2.40. The Kier molecular flexibility index (Phi) is 2.95. The maximum absolute atomic E-state index is 11.8. The molecule has 6 heteroatoms. The molecule has 2 amide bonds. The molecule has 1 fully saturated rings. The zero-order chi connectivity index (χ0) is 12.4. The smallest absolute Gasteiger partial charge is 0.255 e. The number of carbonyl (C=O) groups excluding carboxylic acids is 2. The van der Waals surface area contributed by atoms with Crippen LogP contribution in [0.2, 0.25) is 0 Å². The minimum absolute atomic E-state index is 0.105. The molecule has 1 aliphatic heterocycles. The van der Waals surface area contributed by atoms with Gasteiger partial charge >= 0.3 is 0 Å². The molecule has 1 aliphatic rings. The topological polar surface area (TPSA) is 82.5 Å². The molecule has 90 valence electrons. The summed E-state index contributed by atoms with van der Waals surface area (Å²) < 4.78 is 0. The molecule has 6 nitrogen and oxygen atoms in total. The molecule has 0 saturated carbocycles. The number of nitrogens with one attached hydrogen (secondary N) is 1. The molecule has 17 heavy (non-hydrogen) atoms. The Hall–Kier alpha value is -2.11. The standard InChI is InChI=1S/C11H13N3O3/c1-14-5-3-8(11(14)17)13-10(16)7-2-4-12-6-9(7)15/h2,4,6,8,15H,3,5H2,1H3,(H,13,16). The molecule has 0 radical (unpaired) electrons. The molecule has 0 bridgehead atoms. The largest absolute Gasteiger partial charge is 0.505 e. The van der Waals surface area contributed by atoms with Crippen LogP contribution in [0.3, 0.4) is 0 Å². The van der Waals surface area contributed by atoms with Crippen molar-refractivity contribution in [1.29, 1.82) is 0 Å². The lowest BCUT2D eigenvalue weighted by molar-refractivity contribution is -0.128. The van der Waals surface area contributed by atoms with E-state index in [0.717, 1.165) is 0 Å². The minimum atomic E-state index is -0.500. The van der Waals surface area contributed by atoms with E-state index in [0.29, 0.717) is 13.0 Å². The van der Waals surface area contributed by atoms with E-state index < -0.39 is 11.9 Å². The zero-order valence-electron chi connectivity index (χ0n) is 9.38. The fourth-order valence-corrected chi connectivity index (χ4v) is 1.77. The van der Waals surface area contributed by atoms with Gasteiger partial charge < -0.3 is 15.3 Å². The summed E-state index contributed by atoms with van der Waals surface area (Å²) in [4.78, 5) is 28.6. The second kappa shape index (κ2) is 4.40. The highest BCUT2D eigenvalue weighted by Crippen LogP contribution is 2.15. The number of pyridine rings is 1. The third-order valence-electron chi connectivity index (χ3n) is 2.78. The number of hydrogen-bond donors (Lipinski definition) is 2. The van der Waals surface area contributed by atoms with Crippen LogP contribution < -0.4 is 5.32 Å². The molecule has 0 aromatic carbocycles. The van der Waals surface area contributed by atoms with E-state index in [-0.39, 0.29) is 17.2 Å². The van der Waals surface area contributed by atoms with Gasteiger partial charge in [0.05, 0.1) is 11.8 Å². The van der Waals surface area contributed by atoms with E-state index in [1.165, 1.54) is 18.5 Å². The minimum Gasteiger partial charge on any atom is -0.505 e. The number of nitrogens with zero attached hydrogens (tertiary/aromatic N) is 2. The van der Waals surface area contributed by atoms with Gasteiger partial charge in [-0.3, -0.25) is 14.6 Å². The van der Waals surface area contributed by atoms with Gasteiger partial charge in [0.25, 0.3) is 5.91 Å². The molecule has 1 aromatic rings. The number of aromatic hydroxyl groups is 1. The molecule has 2 heterocycles. The Bertz CT molecular complexity index is 461. The van der Waals surface area contributed by atoms with E-state index >= 15 is 0 Å². The van der Waals surface area contributed by atoms with Crippen LogP contribution in [-0.2, 0) is 4.79 Å². The fourth-order valence-electron chi connectivity index (χ4n) is 1.77. The van der Waals surface area contributed by atoms with Crippen molar-refractivity contribution in [3.63, 3.8) is 0 Å². The van der Waals surface area contributed by atoms with E-state index in [1.54, 1.807) is 11.9 Å². The summed E-state index contributed by atoms with van der Waals surface area (Å²) in [5, 5.41) is 12.1. The number of amides is 2. The van der Waals surface area contributed by atoms with Crippen molar-refractivity contribution in [2.24, 2.45) is 0 Å². The number of aromatic nitrogens is 1. The van der Waals surface area contributed by atoms with Crippen molar-refractivity contribution in [2.45, 2.75) is 12.5 Å². The van der Waals surface area contributed by atoms with Crippen molar-refractivity contribution in [3.05, 3.63) is 24.0 Å². The van der Waals surface area contributed by atoms with Gasteiger partial charge in [0.15, 0.2) is 0 Å². The van der Waals surface area contributed by atoms with Crippen molar-refractivity contribution in [3.8, 4) is 5.75 Å². The second-order valence-corrected chi connectivity index (χ2v) is 3.97. The molecule has 2 N–H and O–H groups in total. The molecular formula is C11H13N3O3. The average Bonchev–Trinajstić information content (AvgIpc) is 2.61. The van der Waals surface area contributed by atoms with Crippen molar-refractivity contribution < 1.29 is 14.7 Å². The first-order chi connectivity index (χ1) is 8.09. The van der Waals surface area contributed by atoms with Crippen LogP contribution in [0.4, 0.5) is 0 Å². The first-order valence-corrected chi connectivity index (χ1v) is 5.28.